The van der Waals surface area contributed by atoms with Crippen LogP contribution in [0.3, 0.4) is 0 Å². The number of aryl methyl sites for hydroxylation is 1. The van der Waals surface area contributed by atoms with Crippen molar-refractivity contribution in [2.45, 2.75) is 11.8 Å². The maximum absolute atomic E-state index is 11.8. The lowest BCUT2D eigenvalue weighted by Crippen LogP contribution is -2.18. The van der Waals surface area contributed by atoms with E-state index in [0.717, 1.165) is 5.56 Å². The molecule has 0 spiro atoms. The van der Waals surface area contributed by atoms with E-state index in [1.165, 1.54) is 12.1 Å². The Morgan fingerprint density at radius 3 is 2.47 bits per heavy atom. The van der Waals surface area contributed by atoms with E-state index in [0.29, 0.717) is 0 Å². The Bertz CT molecular complexity index is 535. The quantitative estimate of drug-likeness (QED) is 0.591. The molecule has 0 saturated carbocycles. The Balaban J connectivity index is 2.79. The van der Waals surface area contributed by atoms with Crippen molar-refractivity contribution in [2.75, 3.05) is 12.4 Å². The third-order valence-electron chi connectivity index (χ3n) is 2.00. The topological polar surface area (TPSA) is 60.4 Å². The van der Waals surface area contributed by atoms with Gasteiger partial charge in [-0.15, -0.1) is 6.42 Å². The molecule has 0 aliphatic heterocycles. The smallest absolute Gasteiger partial charge is 0.322 e. The summed E-state index contributed by atoms with van der Waals surface area (Å²) in [6, 6.07) is 6.25. The number of hydrogen-bond acceptors (Lipinski definition) is 4. The molecule has 0 aliphatic rings. The first-order chi connectivity index (χ1) is 7.95. The molecule has 0 radical (unpaired) electrons. The molecule has 0 unspecified atom stereocenters. The molecular formula is C12H12O4S. The molecule has 17 heavy (non-hydrogen) atoms. The van der Waals surface area contributed by atoms with E-state index in [9.17, 15) is 13.2 Å². The number of esters is 1. The summed E-state index contributed by atoms with van der Waals surface area (Å²) in [7, 11) is -3.65. The van der Waals surface area contributed by atoms with Crippen LogP contribution in [-0.2, 0) is 19.4 Å². The lowest BCUT2D eigenvalue weighted by Gasteiger charge is -2.04. The van der Waals surface area contributed by atoms with Crippen molar-refractivity contribution >= 4 is 15.8 Å². The van der Waals surface area contributed by atoms with E-state index in [4.69, 9.17) is 6.42 Å². The maximum atomic E-state index is 11.8. The summed E-state index contributed by atoms with van der Waals surface area (Å²) in [6.07, 6.45) is 4.89. The Morgan fingerprint density at radius 1 is 1.35 bits per heavy atom. The molecule has 0 heterocycles. The molecule has 0 saturated heterocycles. The highest BCUT2D eigenvalue weighted by atomic mass is 32.2. The maximum Gasteiger partial charge on any atom is 0.322 e. The van der Waals surface area contributed by atoms with E-state index in [-0.39, 0.29) is 11.5 Å². The van der Waals surface area contributed by atoms with Gasteiger partial charge in [-0.1, -0.05) is 23.6 Å². The Kier molecular flexibility index (Phi) is 4.30. The fourth-order valence-electron chi connectivity index (χ4n) is 1.15. The molecule has 0 aliphatic carbocycles. The van der Waals surface area contributed by atoms with Crippen LogP contribution in [0.15, 0.2) is 29.2 Å². The second-order valence-corrected chi connectivity index (χ2v) is 5.43. The summed E-state index contributed by atoms with van der Waals surface area (Å²) in [5.41, 5.74) is 0.943. The Hall–Kier alpha value is -1.80. The van der Waals surface area contributed by atoms with E-state index in [2.05, 4.69) is 10.7 Å². The van der Waals surface area contributed by atoms with Crippen LogP contribution in [-0.4, -0.2) is 26.7 Å². The van der Waals surface area contributed by atoms with Gasteiger partial charge >= 0.3 is 5.97 Å². The lowest BCUT2D eigenvalue weighted by atomic mass is 10.2. The normalized spacial score (nSPS) is 10.6. The predicted octanol–water partition coefficient (Wildman–Crippen LogP) is 0.945. The molecule has 1 aromatic carbocycles. The highest BCUT2D eigenvalue weighted by Crippen LogP contribution is 2.12. The average Bonchev–Trinajstić information content (AvgIpc) is 2.26. The molecule has 0 N–H and O–H groups in total. The van der Waals surface area contributed by atoms with Crippen molar-refractivity contribution in [1.82, 2.24) is 0 Å². The first kappa shape index (κ1) is 13.3. The lowest BCUT2D eigenvalue weighted by molar-refractivity contribution is -0.139. The van der Waals surface area contributed by atoms with Crippen molar-refractivity contribution in [1.29, 1.82) is 0 Å². The van der Waals surface area contributed by atoms with Gasteiger partial charge < -0.3 is 4.74 Å². The molecule has 0 aromatic heterocycles. The molecule has 1 aromatic rings. The van der Waals surface area contributed by atoms with Crippen LogP contribution in [0.1, 0.15) is 5.56 Å². The number of terminal acetylenes is 1. The summed E-state index contributed by atoms with van der Waals surface area (Å²) in [5.74, 6) is 0.553. The predicted molar refractivity (Wildman–Crippen MR) is 63.0 cm³/mol. The van der Waals surface area contributed by atoms with Gasteiger partial charge in [0.25, 0.3) is 0 Å². The summed E-state index contributed by atoms with van der Waals surface area (Å²) in [5, 5.41) is 0. The number of sulfone groups is 1. The van der Waals surface area contributed by atoms with Gasteiger partial charge in [0.15, 0.2) is 22.2 Å². The van der Waals surface area contributed by atoms with Gasteiger partial charge in [-0.25, -0.2) is 8.42 Å². The monoisotopic (exact) mass is 252 g/mol. The Morgan fingerprint density at radius 2 is 1.94 bits per heavy atom. The molecule has 0 bridgehead atoms. The minimum atomic E-state index is -3.65. The van der Waals surface area contributed by atoms with Crippen LogP contribution in [0.5, 0.6) is 0 Å². The fourth-order valence-corrected chi connectivity index (χ4v) is 2.26. The van der Waals surface area contributed by atoms with Gasteiger partial charge in [0.2, 0.25) is 0 Å². The number of carbonyl (C=O) groups is 1. The number of benzene rings is 1. The summed E-state index contributed by atoms with van der Waals surface area (Å²) >= 11 is 0. The van der Waals surface area contributed by atoms with Gasteiger partial charge in [0, 0.05) is 0 Å². The van der Waals surface area contributed by atoms with Crippen LogP contribution < -0.4 is 0 Å². The van der Waals surface area contributed by atoms with Gasteiger partial charge in [-0.05, 0) is 19.1 Å². The zero-order valence-electron chi connectivity index (χ0n) is 9.34. The molecular weight excluding hydrogens is 240 g/mol. The SMILES string of the molecule is C#CCOC(=O)CS(=O)(=O)c1ccc(C)cc1. The number of hydrogen-bond donors (Lipinski definition) is 0. The molecule has 0 fully saturated rings. The van der Waals surface area contributed by atoms with Crippen molar-refractivity contribution in [2.24, 2.45) is 0 Å². The van der Waals surface area contributed by atoms with Gasteiger partial charge in [0.05, 0.1) is 4.90 Å². The van der Waals surface area contributed by atoms with Crippen molar-refractivity contribution in [3.05, 3.63) is 29.8 Å². The van der Waals surface area contributed by atoms with E-state index in [1.807, 2.05) is 6.92 Å². The molecule has 90 valence electrons. The fraction of sp³-hybridized carbons (Fsp3) is 0.250. The van der Waals surface area contributed by atoms with Crippen LogP contribution in [0, 0.1) is 19.3 Å². The number of ether oxygens (including phenoxy) is 1. The van der Waals surface area contributed by atoms with E-state index >= 15 is 0 Å². The Labute approximate surface area is 101 Å². The minimum absolute atomic E-state index is 0.0979. The summed E-state index contributed by atoms with van der Waals surface area (Å²) in [4.78, 5) is 11.3. The second kappa shape index (κ2) is 5.51. The van der Waals surface area contributed by atoms with E-state index < -0.39 is 21.6 Å². The zero-order chi connectivity index (χ0) is 12.9. The van der Waals surface area contributed by atoms with E-state index in [1.54, 1.807) is 12.1 Å². The van der Waals surface area contributed by atoms with Gasteiger partial charge in [0.1, 0.15) is 0 Å². The van der Waals surface area contributed by atoms with Crippen LogP contribution in [0.4, 0.5) is 0 Å². The van der Waals surface area contributed by atoms with Crippen LogP contribution in [0.25, 0.3) is 0 Å². The average molecular weight is 252 g/mol. The first-order valence-corrected chi connectivity index (χ1v) is 6.49. The van der Waals surface area contributed by atoms with Gasteiger partial charge in [-0.3, -0.25) is 4.79 Å². The third kappa shape index (κ3) is 3.93. The zero-order valence-corrected chi connectivity index (χ0v) is 10.2. The molecule has 0 amide bonds. The molecule has 0 atom stereocenters. The molecule has 5 heteroatoms. The van der Waals surface area contributed by atoms with Crippen molar-refractivity contribution in [3.63, 3.8) is 0 Å². The molecule has 4 nitrogen and oxygen atoms in total. The summed E-state index contributed by atoms with van der Waals surface area (Å²) < 4.78 is 28.0. The van der Waals surface area contributed by atoms with Crippen LogP contribution in [0.2, 0.25) is 0 Å². The first-order valence-electron chi connectivity index (χ1n) is 4.84. The number of carbonyl (C=O) groups excluding carboxylic acids is 1. The highest BCUT2D eigenvalue weighted by molar-refractivity contribution is 7.92. The largest absolute Gasteiger partial charge is 0.452 e. The minimum Gasteiger partial charge on any atom is -0.452 e. The summed E-state index contributed by atoms with van der Waals surface area (Å²) in [6.45, 7) is 1.62. The number of rotatable bonds is 4. The van der Waals surface area contributed by atoms with Crippen molar-refractivity contribution in [3.8, 4) is 12.3 Å². The van der Waals surface area contributed by atoms with Crippen molar-refractivity contribution < 1.29 is 17.9 Å². The third-order valence-corrected chi connectivity index (χ3v) is 3.61. The highest BCUT2D eigenvalue weighted by Gasteiger charge is 2.19. The standard InChI is InChI=1S/C12H12O4S/c1-3-8-16-12(13)9-17(14,15)11-6-4-10(2)5-7-11/h1,4-7H,8-9H2,2H3. The second-order valence-electron chi connectivity index (χ2n) is 3.44. The van der Waals surface area contributed by atoms with Crippen LogP contribution >= 0.6 is 0 Å². The van der Waals surface area contributed by atoms with Gasteiger partial charge in [-0.2, -0.15) is 0 Å². The molecule has 1 rings (SSSR count).